The van der Waals surface area contributed by atoms with Crippen molar-refractivity contribution in [1.82, 2.24) is 4.90 Å². The lowest BCUT2D eigenvalue weighted by Gasteiger charge is -2.29. The summed E-state index contributed by atoms with van der Waals surface area (Å²) < 4.78 is 26.1. The third-order valence-corrected chi connectivity index (χ3v) is 6.11. The fourth-order valence-electron chi connectivity index (χ4n) is 4.36. The van der Waals surface area contributed by atoms with Gasteiger partial charge in [0.2, 0.25) is 5.78 Å². The van der Waals surface area contributed by atoms with Gasteiger partial charge in [-0.3, -0.25) is 9.59 Å². The number of hydrogen-bond donors (Lipinski definition) is 1. The van der Waals surface area contributed by atoms with E-state index in [1.54, 1.807) is 24.3 Å². The van der Waals surface area contributed by atoms with Crippen molar-refractivity contribution in [2.75, 3.05) is 13.2 Å². The average molecular weight is 456 g/mol. The first-order valence-corrected chi connectivity index (χ1v) is 10.7. The van der Waals surface area contributed by atoms with Crippen LogP contribution >= 0.6 is 11.6 Å². The summed E-state index contributed by atoms with van der Waals surface area (Å²) >= 11 is 6.02. The number of aliphatic hydroxyl groups is 1. The van der Waals surface area contributed by atoms with Crippen LogP contribution in [0.15, 0.2) is 64.3 Å². The number of halogens is 2. The number of ketones is 1. The quantitative estimate of drug-likeness (QED) is 0.549. The van der Waals surface area contributed by atoms with Gasteiger partial charge in [-0.25, -0.2) is 4.39 Å². The van der Waals surface area contributed by atoms with E-state index in [2.05, 4.69) is 0 Å². The molecule has 0 aliphatic carbocycles. The first kappa shape index (κ1) is 20.7. The molecule has 1 saturated heterocycles. The first-order chi connectivity index (χ1) is 15.4. The van der Waals surface area contributed by atoms with Crippen LogP contribution < -0.4 is 0 Å². The van der Waals surface area contributed by atoms with E-state index in [1.165, 1.54) is 29.2 Å². The minimum atomic E-state index is -1.10. The lowest BCUT2D eigenvalue weighted by molar-refractivity contribution is -0.131. The van der Waals surface area contributed by atoms with E-state index in [-0.39, 0.29) is 29.5 Å². The van der Waals surface area contributed by atoms with E-state index in [0.717, 1.165) is 12.8 Å². The standard InChI is InChI=1S/C24H19ClFNO5/c25-14-7-8-18-13(10-14)11-19(32-18)22(28)20-21(16-5-1-2-6-17(16)26)27(24(30)23(20)29)12-15-4-3-9-31-15/h1-2,5-8,10-11,15,21,29H,3-4,9,12H2. The van der Waals surface area contributed by atoms with Crippen LogP contribution in [0.5, 0.6) is 0 Å². The Morgan fingerprint density at radius 3 is 2.78 bits per heavy atom. The maximum Gasteiger partial charge on any atom is 0.290 e. The Balaban J connectivity index is 1.59. The zero-order chi connectivity index (χ0) is 22.4. The summed E-state index contributed by atoms with van der Waals surface area (Å²) in [6.45, 7) is 0.707. The molecule has 1 aromatic heterocycles. The summed E-state index contributed by atoms with van der Waals surface area (Å²) in [7, 11) is 0. The average Bonchev–Trinajstić information content (AvgIpc) is 3.49. The van der Waals surface area contributed by atoms with Crippen LogP contribution in [0.4, 0.5) is 4.39 Å². The van der Waals surface area contributed by atoms with Gasteiger partial charge in [-0.15, -0.1) is 0 Å². The number of furan rings is 1. The Kier molecular flexibility index (Phi) is 5.23. The van der Waals surface area contributed by atoms with Crippen molar-refractivity contribution >= 4 is 34.3 Å². The van der Waals surface area contributed by atoms with Gasteiger partial charge in [0.25, 0.3) is 5.91 Å². The van der Waals surface area contributed by atoms with Crippen molar-refractivity contribution < 1.29 is 28.2 Å². The molecule has 1 N–H and O–H groups in total. The highest BCUT2D eigenvalue weighted by atomic mass is 35.5. The van der Waals surface area contributed by atoms with E-state index in [0.29, 0.717) is 22.6 Å². The van der Waals surface area contributed by atoms with Crippen LogP contribution in [0.3, 0.4) is 0 Å². The molecule has 3 heterocycles. The Morgan fingerprint density at radius 2 is 2.03 bits per heavy atom. The van der Waals surface area contributed by atoms with Gasteiger partial charge < -0.3 is 19.2 Å². The number of amides is 1. The second-order valence-electron chi connectivity index (χ2n) is 7.90. The molecule has 6 nitrogen and oxygen atoms in total. The fourth-order valence-corrected chi connectivity index (χ4v) is 4.54. The highest BCUT2D eigenvalue weighted by Gasteiger charge is 2.46. The SMILES string of the molecule is O=C(C1=C(O)C(=O)N(CC2CCCO2)C1c1ccccc1F)c1cc2cc(Cl)ccc2o1. The summed E-state index contributed by atoms with van der Waals surface area (Å²) in [5.41, 5.74) is 0.328. The zero-order valence-electron chi connectivity index (χ0n) is 16.9. The molecule has 0 bridgehead atoms. The van der Waals surface area contributed by atoms with E-state index < -0.39 is 29.3 Å². The summed E-state index contributed by atoms with van der Waals surface area (Å²) in [6, 6.07) is 11.2. The molecule has 8 heteroatoms. The molecule has 3 aromatic rings. The van der Waals surface area contributed by atoms with Crippen molar-refractivity contribution in [3.8, 4) is 0 Å². The number of aliphatic hydroxyl groups excluding tert-OH is 1. The van der Waals surface area contributed by atoms with Crippen molar-refractivity contribution in [1.29, 1.82) is 0 Å². The first-order valence-electron chi connectivity index (χ1n) is 10.3. The fraction of sp³-hybridized carbons (Fsp3) is 0.250. The van der Waals surface area contributed by atoms with Gasteiger partial charge in [-0.2, -0.15) is 0 Å². The minimum Gasteiger partial charge on any atom is -0.503 e. The number of Topliss-reactive ketones (excluding diaryl/α,β-unsaturated/α-hetero) is 1. The molecule has 2 aliphatic heterocycles. The van der Waals surface area contributed by atoms with Gasteiger partial charge in [-0.1, -0.05) is 29.8 Å². The molecule has 0 spiro atoms. The molecular weight excluding hydrogens is 437 g/mol. The third-order valence-electron chi connectivity index (χ3n) is 5.87. The number of ether oxygens (including phenoxy) is 1. The highest BCUT2D eigenvalue weighted by molar-refractivity contribution is 6.31. The number of benzene rings is 2. The lowest BCUT2D eigenvalue weighted by atomic mass is 9.94. The molecule has 1 amide bonds. The van der Waals surface area contributed by atoms with Gasteiger partial charge in [0.15, 0.2) is 11.5 Å². The van der Waals surface area contributed by atoms with Crippen molar-refractivity contribution in [3.63, 3.8) is 0 Å². The Morgan fingerprint density at radius 1 is 1.22 bits per heavy atom. The molecule has 164 valence electrons. The summed E-state index contributed by atoms with van der Waals surface area (Å²) in [4.78, 5) is 27.8. The Hall–Kier alpha value is -3.16. The summed E-state index contributed by atoms with van der Waals surface area (Å²) in [5.74, 6) is -2.79. The maximum absolute atomic E-state index is 14.8. The van der Waals surface area contributed by atoms with Crippen LogP contribution in [-0.4, -0.2) is 41.0 Å². The monoisotopic (exact) mass is 455 g/mol. The van der Waals surface area contributed by atoms with Crippen LogP contribution in [0.25, 0.3) is 11.0 Å². The molecule has 1 fully saturated rings. The Labute approximate surface area is 187 Å². The van der Waals surface area contributed by atoms with Crippen LogP contribution in [0.2, 0.25) is 5.02 Å². The van der Waals surface area contributed by atoms with Gasteiger partial charge >= 0.3 is 0 Å². The highest BCUT2D eigenvalue weighted by Crippen LogP contribution is 2.41. The van der Waals surface area contributed by atoms with Gasteiger partial charge in [0, 0.05) is 29.1 Å². The number of hydrogen-bond acceptors (Lipinski definition) is 5. The third kappa shape index (κ3) is 3.47. The van der Waals surface area contributed by atoms with Crippen LogP contribution in [0, 0.1) is 5.82 Å². The molecule has 2 atom stereocenters. The minimum absolute atomic E-state index is 0.0723. The molecule has 32 heavy (non-hydrogen) atoms. The van der Waals surface area contributed by atoms with Crippen LogP contribution in [0.1, 0.15) is 35.0 Å². The molecule has 0 radical (unpaired) electrons. The number of nitrogens with zero attached hydrogens (tertiary/aromatic N) is 1. The van der Waals surface area contributed by atoms with E-state index in [4.69, 9.17) is 20.8 Å². The van der Waals surface area contributed by atoms with Crippen molar-refractivity contribution in [3.05, 3.63) is 82.0 Å². The van der Waals surface area contributed by atoms with Gasteiger partial charge in [-0.05, 0) is 43.2 Å². The second kappa shape index (κ2) is 8.07. The van der Waals surface area contributed by atoms with Gasteiger partial charge in [0.05, 0.1) is 17.7 Å². The second-order valence-corrected chi connectivity index (χ2v) is 8.34. The molecule has 2 aromatic carbocycles. The van der Waals surface area contributed by atoms with Crippen molar-refractivity contribution in [2.24, 2.45) is 0 Å². The predicted octanol–water partition coefficient (Wildman–Crippen LogP) is 4.98. The number of carbonyl (C=O) groups excluding carboxylic acids is 2. The molecule has 0 saturated carbocycles. The summed E-state index contributed by atoms with van der Waals surface area (Å²) in [6.07, 6.45) is 1.34. The normalized spacial score (nSPS) is 21.2. The number of carbonyl (C=O) groups is 2. The molecule has 2 aliphatic rings. The number of rotatable bonds is 5. The molecule has 5 rings (SSSR count). The van der Waals surface area contributed by atoms with E-state index in [1.807, 2.05) is 0 Å². The molecule has 2 unspecified atom stereocenters. The largest absolute Gasteiger partial charge is 0.503 e. The van der Waals surface area contributed by atoms with Gasteiger partial charge in [0.1, 0.15) is 11.4 Å². The lowest BCUT2D eigenvalue weighted by Crippen LogP contribution is -2.37. The van der Waals surface area contributed by atoms with Crippen LogP contribution in [-0.2, 0) is 9.53 Å². The van der Waals surface area contributed by atoms with E-state index >= 15 is 0 Å². The zero-order valence-corrected chi connectivity index (χ0v) is 17.6. The predicted molar refractivity (Wildman–Crippen MR) is 115 cm³/mol. The summed E-state index contributed by atoms with van der Waals surface area (Å²) in [5, 5.41) is 11.8. The maximum atomic E-state index is 14.8. The molecular formula is C24H19ClFNO5. The topological polar surface area (TPSA) is 80.0 Å². The smallest absolute Gasteiger partial charge is 0.290 e. The Bertz CT molecular complexity index is 1260. The van der Waals surface area contributed by atoms with Crippen molar-refractivity contribution in [2.45, 2.75) is 25.0 Å². The van der Waals surface area contributed by atoms with E-state index in [9.17, 15) is 19.1 Å². The number of fused-ring (bicyclic) bond motifs is 1.